The van der Waals surface area contributed by atoms with E-state index in [-0.39, 0.29) is 35.9 Å². The largest absolute Gasteiger partial charge is 0.435 e. The van der Waals surface area contributed by atoms with E-state index in [0.717, 1.165) is 0 Å². The van der Waals surface area contributed by atoms with E-state index in [4.69, 9.17) is 5.26 Å². The van der Waals surface area contributed by atoms with Gasteiger partial charge in [-0.25, -0.2) is 8.78 Å². The molecule has 0 radical (unpaired) electrons. The van der Waals surface area contributed by atoms with Crippen LogP contribution < -0.4 is 10.1 Å². The third-order valence-corrected chi connectivity index (χ3v) is 4.91. The van der Waals surface area contributed by atoms with E-state index >= 15 is 0 Å². The number of ether oxygens (including phenoxy) is 1. The summed E-state index contributed by atoms with van der Waals surface area (Å²) in [6.45, 7) is -2.55. The lowest BCUT2D eigenvalue weighted by Crippen LogP contribution is -2.41. The van der Waals surface area contributed by atoms with E-state index in [1.165, 1.54) is 29.2 Å². The molecule has 0 aliphatic carbocycles. The number of hydrogen-bond acceptors (Lipinski definition) is 4. The SMILES string of the molecule is N#Cc1cc(F)c(F)cc1C(=O)N1CCC(C(=O)Nc2ccc(OC(F)F)cc2)CC1. The number of hydrogen-bond donors (Lipinski definition) is 1. The molecule has 0 atom stereocenters. The lowest BCUT2D eigenvalue weighted by Gasteiger charge is -2.31. The molecular formula is C21H17F4N3O3. The normalized spacial score (nSPS) is 14.3. The van der Waals surface area contributed by atoms with E-state index < -0.39 is 30.1 Å². The first-order valence-electron chi connectivity index (χ1n) is 9.32. The molecule has 2 amide bonds. The highest BCUT2D eigenvalue weighted by molar-refractivity contribution is 5.97. The number of nitrogens with one attached hydrogen (secondary N) is 1. The Hall–Kier alpha value is -3.61. The standard InChI is InChI=1S/C21H17F4N3O3/c22-17-9-13(11-26)16(10-18(17)23)20(30)28-7-5-12(6-8-28)19(29)27-14-1-3-15(4-2-14)31-21(24)25/h1-4,9-10,12,21H,5-8H2,(H,27,29). The van der Waals surface area contributed by atoms with E-state index in [9.17, 15) is 27.2 Å². The molecule has 2 aromatic rings. The van der Waals surface area contributed by atoms with Crippen molar-refractivity contribution < 1.29 is 31.9 Å². The molecule has 0 saturated carbocycles. The molecular weight excluding hydrogens is 418 g/mol. The number of halogens is 4. The number of carbonyl (C=O) groups excluding carboxylic acids is 2. The van der Waals surface area contributed by atoms with Crippen molar-refractivity contribution in [2.24, 2.45) is 5.92 Å². The second kappa shape index (κ2) is 9.47. The lowest BCUT2D eigenvalue weighted by atomic mass is 9.95. The van der Waals surface area contributed by atoms with Crippen LogP contribution >= 0.6 is 0 Å². The molecule has 0 unspecified atom stereocenters. The molecule has 6 nitrogen and oxygen atoms in total. The fraction of sp³-hybridized carbons (Fsp3) is 0.286. The molecule has 3 rings (SSSR count). The van der Waals surface area contributed by atoms with Gasteiger partial charge in [-0.1, -0.05) is 0 Å². The molecule has 1 aliphatic rings. The van der Waals surface area contributed by atoms with Crippen molar-refractivity contribution in [1.29, 1.82) is 5.26 Å². The van der Waals surface area contributed by atoms with Gasteiger partial charge >= 0.3 is 6.61 Å². The monoisotopic (exact) mass is 435 g/mol. The van der Waals surface area contributed by atoms with Gasteiger partial charge < -0.3 is 15.0 Å². The van der Waals surface area contributed by atoms with Gasteiger partial charge in [-0.05, 0) is 49.2 Å². The Bertz CT molecular complexity index is 1010. The van der Waals surface area contributed by atoms with E-state index in [1.807, 2.05) is 0 Å². The zero-order chi connectivity index (χ0) is 22.5. The summed E-state index contributed by atoms with van der Waals surface area (Å²) < 4.78 is 55.4. The van der Waals surface area contributed by atoms with Crippen LogP contribution in [0, 0.1) is 28.9 Å². The van der Waals surface area contributed by atoms with Crippen LogP contribution in [0.2, 0.25) is 0 Å². The van der Waals surface area contributed by atoms with Crippen LogP contribution in [-0.2, 0) is 4.79 Å². The third kappa shape index (κ3) is 5.31. The van der Waals surface area contributed by atoms with Crippen molar-refractivity contribution in [2.45, 2.75) is 19.5 Å². The fourth-order valence-corrected chi connectivity index (χ4v) is 3.30. The van der Waals surface area contributed by atoms with Gasteiger partial charge in [-0.3, -0.25) is 9.59 Å². The fourth-order valence-electron chi connectivity index (χ4n) is 3.30. The Balaban J connectivity index is 1.58. The van der Waals surface area contributed by atoms with Crippen LogP contribution in [0.25, 0.3) is 0 Å². The molecule has 10 heteroatoms. The number of anilines is 1. The number of carbonyl (C=O) groups is 2. The van der Waals surface area contributed by atoms with E-state index in [0.29, 0.717) is 30.7 Å². The molecule has 1 heterocycles. The Morgan fingerprint density at radius 2 is 1.71 bits per heavy atom. The van der Waals surface area contributed by atoms with Crippen molar-refractivity contribution in [2.75, 3.05) is 18.4 Å². The van der Waals surface area contributed by atoms with Crippen molar-refractivity contribution in [3.63, 3.8) is 0 Å². The third-order valence-electron chi connectivity index (χ3n) is 4.91. The number of amides is 2. The van der Waals surface area contributed by atoms with Crippen molar-refractivity contribution in [3.8, 4) is 11.8 Å². The van der Waals surface area contributed by atoms with E-state index in [2.05, 4.69) is 10.1 Å². The van der Waals surface area contributed by atoms with Gasteiger partial charge in [-0.15, -0.1) is 0 Å². The van der Waals surface area contributed by atoms with Gasteiger partial charge in [0, 0.05) is 24.7 Å². The zero-order valence-electron chi connectivity index (χ0n) is 16.1. The summed E-state index contributed by atoms with van der Waals surface area (Å²) in [6, 6.07) is 8.54. The average Bonchev–Trinajstić information content (AvgIpc) is 2.76. The topological polar surface area (TPSA) is 82.4 Å². The minimum Gasteiger partial charge on any atom is -0.435 e. The number of likely N-dealkylation sites (tertiary alicyclic amines) is 1. The molecule has 0 aromatic heterocycles. The van der Waals surface area contributed by atoms with Gasteiger partial charge in [0.15, 0.2) is 11.6 Å². The molecule has 1 N–H and O–H groups in total. The van der Waals surface area contributed by atoms with Crippen molar-refractivity contribution >= 4 is 17.5 Å². The van der Waals surface area contributed by atoms with Gasteiger partial charge in [0.1, 0.15) is 11.8 Å². The lowest BCUT2D eigenvalue weighted by molar-refractivity contribution is -0.121. The molecule has 1 saturated heterocycles. The maximum Gasteiger partial charge on any atom is 0.387 e. The molecule has 31 heavy (non-hydrogen) atoms. The van der Waals surface area contributed by atoms with Gasteiger partial charge in [0.25, 0.3) is 5.91 Å². The molecule has 1 aliphatic heterocycles. The van der Waals surface area contributed by atoms with Crippen LogP contribution in [-0.4, -0.2) is 36.4 Å². The quantitative estimate of drug-likeness (QED) is 0.722. The molecule has 1 fully saturated rings. The Morgan fingerprint density at radius 3 is 2.29 bits per heavy atom. The Morgan fingerprint density at radius 1 is 1.10 bits per heavy atom. The number of nitriles is 1. The Labute approximate surface area is 175 Å². The summed E-state index contributed by atoms with van der Waals surface area (Å²) >= 11 is 0. The number of alkyl halides is 2. The maximum absolute atomic E-state index is 13.5. The van der Waals surface area contributed by atoms with Gasteiger partial charge in [-0.2, -0.15) is 14.0 Å². The molecule has 2 aromatic carbocycles. The van der Waals surface area contributed by atoms with Gasteiger partial charge in [0.05, 0.1) is 11.1 Å². The minimum absolute atomic E-state index is 0.0335. The van der Waals surface area contributed by atoms with E-state index in [1.54, 1.807) is 6.07 Å². The summed E-state index contributed by atoms with van der Waals surface area (Å²) in [4.78, 5) is 26.5. The first-order chi connectivity index (χ1) is 14.8. The predicted molar refractivity (Wildman–Crippen MR) is 101 cm³/mol. The Kier molecular flexibility index (Phi) is 6.74. The summed E-state index contributed by atoms with van der Waals surface area (Å²) in [5.41, 5.74) is -0.0796. The molecule has 162 valence electrons. The highest BCUT2D eigenvalue weighted by Crippen LogP contribution is 2.24. The van der Waals surface area contributed by atoms with Crippen LogP contribution in [0.4, 0.5) is 23.2 Å². The van der Waals surface area contributed by atoms with Crippen LogP contribution in [0.15, 0.2) is 36.4 Å². The summed E-state index contributed by atoms with van der Waals surface area (Å²) in [5.74, 6) is -3.77. The number of benzene rings is 2. The first-order valence-corrected chi connectivity index (χ1v) is 9.32. The minimum atomic E-state index is -2.94. The molecule has 0 bridgehead atoms. The summed E-state index contributed by atoms with van der Waals surface area (Å²) in [5, 5.41) is 11.8. The highest BCUT2D eigenvalue weighted by atomic mass is 19.3. The van der Waals surface area contributed by atoms with Crippen LogP contribution in [0.3, 0.4) is 0 Å². The smallest absolute Gasteiger partial charge is 0.387 e. The number of nitrogens with zero attached hydrogens (tertiary/aromatic N) is 2. The van der Waals surface area contributed by atoms with Gasteiger partial charge in [0.2, 0.25) is 5.91 Å². The number of piperidine rings is 1. The number of rotatable bonds is 5. The second-order valence-corrected chi connectivity index (χ2v) is 6.88. The summed E-state index contributed by atoms with van der Waals surface area (Å²) in [6.07, 6.45) is 0.658. The van der Waals surface area contributed by atoms with Crippen molar-refractivity contribution in [3.05, 3.63) is 59.2 Å². The average molecular weight is 435 g/mol. The zero-order valence-corrected chi connectivity index (χ0v) is 16.1. The van der Waals surface area contributed by atoms with Crippen molar-refractivity contribution in [1.82, 2.24) is 4.90 Å². The predicted octanol–water partition coefficient (Wildman–Crippen LogP) is 3.93. The summed E-state index contributed by atoms with van der Waals surface area (Å²) in [7, 11) is 0. The maximum atomic E-state index is 13.5. The van der Waals surface area contributed by atoms with Crippen LogP contribution in [0.1, 0.15) is 28.8 Å². The highest BCUT2D eigenvalue weighted by Gasteiger charge is 2.29. The second-order valence-electron chi connectivity index (χ2n) is 6.88. The first kappa shape index (κ1) is 22.1. The molecule has 0 spiro atoms. The van der Waals surface area contributed by atoms with Crippen LogP contribution in [0.5, 0.6) is 5.75 Å².